The summed E-state index contributed by atoms with van der Waals surface area (Å²) in [5, 5.41) is 11.3. The van der Waals surface area contributed by atoms with E-state index in [0.717, 1.165) is 0 Å². The van der Waals surface area contributed by atoms with Gasteiger partial charge in [0.2, 0.25) is 0 Å². The molecule has 2 saturated heterocycles. The van der Waals surface area contributed by atoms with Crippen molar-refractivity contribution in [2.24, 2.45) is 23.7 Å². The van der Waals surface area contributed by atoms with Crippen molar-refractivity contribution in [1.29, 1.82) is 0 Å². The van der Waals surface area contributed by atoms with Crippen molar-refractivity contribution in [2.75, 3.05) is 0 Å². The zero-order valence-electron chi connectivity index (χ0n) is 21.8. The smallest absolute Gasteiger partial charge is 0.303 e. The lowest BCUT2D eigenvalue weighted by atomic mass is 9.55. The maximum Gasteiger partial charge on any atom is 0.303 e. The number of fused-ring (bicyclic) bond motifs is 8. The lowest BCUT2D eigenvalue weighted by Gasteiger charge is -2.55. The molecule has 1 N–H and O–H groups in total. The van der Waals surface area contributed by atoms with Gasteiger partial charge >= 0.3 is 17.9 Å². The van der Waals surface area contributed by atoms with Gasteiger partial charge in [0.1, 0.15) is 6.10 Å². The Morgan fingerprint density at radius 1 is 1.06 bits per heavy atom. The molecule has 0 spiro atoms. The summed E-state index contributed by atoms with van der Waals surface area (Å²) >= 11 is 0. The fourth-order valence-electron chi connectivity index (χ4n) is 7.25. The molecule has 1 saturated carbocycles. The van der Waals surface area contributed by atoms with Gasteiger partial charge in [-0.25, -0.2) is 0 Å². The minimum absolute atomic E-state index is 0.00801. The predicted octanol–water partition coefficient (Wildman–Crippen LogP) is 2.67. The lowest BCUT2D eigenvalue weighted by molar-refractivity contribution is -0.253. The first-order chi connectivity index (χ1) is 16.1. The SMILES string of the molecule is CC(=O)O[C@H]1[C@H](C(C)C)[C@@H]2[C@@H]([C@H]3/C=C(/C)[C@]4(O)CC[C@@](C)(O4)[C@@H]2O3)[C@](C)(OC(C)=O)[C@H]1OC(C)=O. The van der Waals surface area contributed by atoms with Gasteiger partial charge in [0.15, 0.2) is 17.5 Å². The second-order valence-electron chi connectivity index (χ2n) is 11.4. The molecule has 3 aliphatic heterocycles. The summed E-state index contributed by atoms with van der Waals surface area (Å²) in [5.74, 6) is -4.08. The average molecular weight is 495 g/mol. The van der Waals surface area contributed by atoms with Crippen LogP contribution in [0, 0.1) is 23.7 Å². The van der Waals surface area contributed by atoms with Crippen LogP contribution in [0.5, 0.6) is 0 Å². The number of hydrogen-bond donors (Lipinski definition) is 1. The van der Waals surface area contributed by atoms with E-state index in [9.17, 15) is 19.5 Å². The summed E-state index contributed by atoms with van der Waals surface area (Å²) in [7, 11) is 0. The highest BCUT2D eigenvalue weighted by Gasteiger charge is 2.72. The van der Waals surface area contributed by atoms with Crippen LogP contribution < -0.4 is 0 Å². The Hall–Kier alpha value is -1.97. The highest BCUT2D eigenvalue weighted by atomic mass is 16.7. The first-order valence-electron chi connectivity index (χ1n) is 12.4. The maximum absolute atomic E-state index is 12.4. The van der Waals surface area contributed by atoms with E-state index in [1.807, 2.05) is 26.8 Å². The second kappa shape index (κ2) is 8.56. The molecular weight excluding hydrogens is 456 g/mol. The van der Waals surface area contributed by atoms with Crippen LogP contribution in [0.4, 0.5) is 0 Å². The van der Waals surface area contributed by atoms with E-state index in [4.69, 9.17) is 23.7 Å². The summed E-state index contributed by atoms with van der Waals surface area (Å²) in [5.41, 5.74) is -1.56. The molecule has 35 heavy (non-hydrogen) atoms. The van der Waals surface area contributed by atoms with Gasteiger partial charge < -0.3 is 28.8 Å². The summed E-state index contributed by atoms with van der Waals surface area (Å²) in [6.07, 6.45) is -0.0906. The molecule has 10 atom stereocenters. The molecule has 3 fully saturated rings. The van der Waals surface area contributed by atoms with Crippen LogP contribution in [0.25, 0.3) is 0 Å². The molecule has 4 rings (SSSR count). The Kier molecular flexibility index (Phi) is 6.38. The lowest BCUT2D eigenvalue weighted by Crippen LogP contribution is -2.68. The summed E-state index contributed by atoms with van der Waals surface area (Å²) in [6, 6.07) is 0. The number of ether oxygens (including phenoxy) is 5. The molecule has 1 aliphatic carbocycles. The van der Waals surface area contributed by atoms with Crippen molar-refractivity contribution < 1.29 is 43.2 Å². The first-order valence-corrected chi connectivity index (χ1v) is 12.4. The fourth-order valence-corrected chi connectivity index (χ4v) is 7.25. The minimum Gasteiger partial charge on any atom is -0.458 e. The molecule has 0 radical (unpaired) electrons. The average Bonchev–Trinajstić information content (AvgIpc) is 3.24. The van der Waals surface area contributed by atoms with Crippen molar-refractivity contribution in [2.45, 2.75) is 110 Å². The van der Waals surface area contributed by atoms with Gasteiger partial charge in [-0.3, -0.25) is 14.4 Å². The Morgan fingerprint density at radius 2 is 1.69 bits per heavy atom. The van der Waals surface area contributed by atoms with Gasteiger partial charge in [0.05, 0.1) is 17.8 Å². The van der Waals surface area contributed by atoms with Gasteiger partial charge in [-0.1, -0.05) is 19.9 Å². The quantitative estimate of drug-likeness (QED) is 0.357. The number of hydrogen-bond acceptors (Lipinski definition) is 9. The molecule has 9 nitrogen and oxygen atoms in total. The first kappa shape index (κ1) is 26.1. The highest BCUT2D eigenvalue weighted by Crippen LogP contribution is 2.61. The summed E-state index contributed by atoms with van der Waals surface area (Å²) < 4.78 is 30.6. The molecule has 9 heteroatoms. The normalized spacial score (nSPS) is 47.7. The molecule has 0 aromatic rings. The van der Waals surface area contributed by atoms with Crippen LogP contribution in [0.1, 0.15) is 68.2 Å². The number of carbonyl (C=O) groups excluding carboxylic acids is 3. The molecule has 0 aromatic heterocycles. The van der Waals surface area contributed by atoms with E-state index in [1.54, 1.807) is 13.8 Å². The van der Waals surface area contributed by atoms with Gasteiger partial charge in [0.25, 0.3) is 0 Å². The van der Waals surface area contributed by atoms with Crippen molar-refractivity contribution in [3.8, 4) is 0 Å². The van der Waals surface area contributed by atoms with Crippen molar-refractivity contribution in [1.82, 2.24) is 0 Å². The van der Waals surface area contributed by atoms with E-state index < -0.39 is 65.2 Å². The van der Waals surface area contributed by atoms with Gasteiger partial charge in [-0.2, -0.15) is 0 Å². The Balaban J connectivity index is 1.97. The van der Waals surface area contributed by atoms with E-state index in [2.05, 4.69) is 0 Å². The van der Waals surface area contributed by atoms with Crippen LogP contribution >= 0.6 is 0 Å². The van der Waals surface area contributed by atoms with Gasteiger partial charge in [-0.15, -0.1) is 0 Å². The number of carbonyl (C=O) groups is 3. The Morgan fingerprint density at radius 3 is 2.23 bits per heavy atom. The summed E-state index contributed by atoms with van der Waals surface area (Å²) in [6.45, 7) is 13.4. The van der Waals surface area contributed by atoms with Crippen LogP contribution in [-0.4, -0.2) is 64.4 Å². The number of esters is 3. The van der Waals surface area contributed by atoms with Crippen molar-refractivity contribution in [3.05, 3.63) is 11.6 Å². The molecule has 4 aliphatic rings. The molecule has 0 aromatic carbocycles. The van der Waals surface area contributed by atoms with Crippen LogP contribution in [-0.2, 0) is 38.1 Å². The second-order valence-corrected chi connectivity index (χ2v) is 11.4. The molecular formula is C26H38O9. The van der Waals surface area contributed by atoms with E-state index in [0.29, 0.717) is 18.4 Å². The molecule has 0 unspecified atom stereocenters. The number of rotatable bonds is 4. The topological polar surface area (TPSA) is 118 Å². The van der Waals surface area contributed by atoms with Crippen LogP contribution in [0.3, 0.4) is 0 Å². The minimum atomic E-state index is -1.40. The highest BCUT2D eigenvalue weighted by molar-refractivity contribution is 5.69. The van der Waals surface area contributed by atoms with Gasteiger partial charge in [0, 0.05) is 44.9 Å². The van der Waals surface area contributed by atoms with Crippen molar-refractivity contribution in [3.63, 3.8) is 0 Å². The fraction of sp³-hybridized carbons (Fsp3) is 0.808. The van der Waals surface area contributed by atoms with Crippen molar-refractivity contribution >= 4 is 17.9 Å². The predicted molar refractivity (Wildman–Crippen MR) is 123 cm³/mol. The standard InChI is InChI=1S/C26H38O9/c1-12(2)18-19-20(17-11-13(3)26(30)10-9-24(7,35-26)22(19)33-17)25(8,34-16(6)29)23(32-15(5)28)21(18)31-14(4)27/h11-12,17-23,30H,9-10H2,1-8H3/b13-11-/t17-,18-,19-,20-,21+,22-,23+,24-,25+,26+/m1/s1. The zero-order chi connectivity index (χ0) is 26.1. The van der Waals surface area contributed by atoms with Crippen LogP contribution in [0.2, 0.25) is 0 Å². The third-order valence-corrected chi connectivity index (χ3v) is 8.49. The Bertz CT molecular complexity index is 943. The maximum atomic E-state index is 12.4. The third kappa shape index (κ3) is 4.09. The van der Waals surface area contributed by atoms with E-state index in [1.165, 1.54) is 20.8 Å². The largest absolute Gasteiger partial charge is 0.458 e. The zero-order valence-corrected chi connectivity index (χ0v) is 21.8. The monoisotopic (exact) mass is 494 g/mol. The van der Waals surface area contributed by atoms with Crippen LogP contribution in [0.15, 0.2) is 11.6 Å². The summed E-state index contributed by atoms with van der Waals surface area (Å²) in [4.78, 5) is 37.0. The number of aliphatic hydroxyl groups is 1. The van der Waals surface area contributed by atoms with Gasteiger partial charge in [-0.05, 0) is 38.7 Å². The Labute approximate surface area is 206 Å². The third-order valence-electron chi connectivity index (χ3n) is 8.49. The molecule has 4 bridgehead atoms. The molecule has 3 heterocycles. The van der Waals surface area contributed by atoms with E-state index in [-0.39, 0.29) is 17.8 Å². The molecule has 0 amide bonds. The van der Waals surface area contributed by atoms with E-state index >= 15 is 0 Å². The molecule has 196 valence electrons.